The summed E-state index contributed by atoms with van der Waals surface area (Å²) in [5.74, 6) is 1.11. The van der Waals surface area contributed by atoms with Gasteiger partial charge in [-0.05, 0) is 53.8 Å². The summed E-state index contributed by atoms with van der Waals surface area (Å²) >= 11 is 0. The summed E-state index contributed by atoms with van der Waals surface area (Å²) in [6.07, 6.45) is 1.19. The molecular weight excluding hydrogens is 598 g/mol. The Bertz CT molecular complexity index is 2190. The van der Waals surface area contributed by atoms with Crippen LogP contribution in [0.1, 0.15) is 49.2 Å². The number of pyridine rings is 1. The lowest BCUT2D eigenvalue weighted by Crippen LogP contribution is -2.16. The molecule has 0 saturated carbocycles. The van der Waals surface area contributed by atoms with Crippen molar-refractivity contribution in [3.05, 3.63) is 132 Å². The Kier molecular flexibility index (Phi) is 7.89. The molecule has 1 aromatic heterocycles. The predicted molar refractivity (Wildman–Crippen MR) is 192 cm³/mol. The topological polar surface area (TPSA) is 89.6 Å². The first kappa shape index (κ1) is 30.7. The highest BCUT2D eigenvalue weighted by Gasteiger charge is 2.33. The minimum Gasteiger partial charge on any atom is -0.457 e. The number of amides is 1. The van der Waals surface area contributed by atoms with Crippen LogP contribution in [-0.2, 0) is 10.2 Å². The van der Waals surface area contributed by atoms with Gasteiger partial charge in [-0.3, -0.25) is 15.1 Å². The van der Waals surface area contributed by atoms with Gasteiger partial charge in [0, 0.05) is 45.4 Å². The van der Waals surface area contributed by atoms with E-state index in [1.54, 1.807) is 13.1 Å². The van der Waals surface area contributed by atoms with Crippen molar-refractivity contribution in [2.75, 3.05) is 17.2 Å². The number of rotatable bonds is 7. The van der Waals surface area contributed by atoms with Gasteiger partial charge in [0.2, 0.25) is 0 Å². The van der Waals surface area contributed by atoms with E-state index in [0.29, 0.717) is 50.6 Å². The number of benzene rings is 5. The molecule has 0 saturated heterocycles. The van der Waals surface area contributed by atoms with Crippen LogP contribution in [0.5, 0.6) is 11.5 Å². The highest BCUT2D eigenvalue weighted by atomic mass is 16.5. The van der Waals surface area contributed by atoms with Crippen LogP contribution in [0, 0.1) is 0 Å². The second-order valence-electron chi connectivity index (χ2n) is 12.7. The molecule has 0 fully saturated rings. The monoisotopic (exact) mass is 633 g/mol. The zero-order valence-corrected chi connectivity index (χ0v) is 27.3. The average molecular weight is 634 g/mol. The van der Waals surface area contributed by atoms with Crippen LogP contribution in [0.2, 0.25) is 0 Å². The summed E-state index contributed by atoms with van der Waals surface area (Å²) in [7, 11) is 0. The number of aromatic nitrogens is 1. The molecule has 7 nitrogen and oxygen atoms in total. The number of ketones is 1. The van der Waals surface area contributed by atoms with Crippen LogP contribution in [0.15, 0.2) is 115 Å². The van der Waals surface area contributed by atoms with Crippen molar-refractivity contribution in [2.24, 2.45) is 0 Å². The number of ether oxygens (including phenoxy) is 2. The van der Waals surface area contributed by atoms with Crippen LogP contribution < -0.4 is 15.4 Å². The van der Waals surface area contributed by atoms with Gasteiger partial charge >= 0.3 is 6.09 Å². The summed E-state index contributed by atoms with van der Waals surface area (Å²) in [4.78, 5) is 32.1. The molecule has 5 aromatic carbocycles. The maximum absolute atomic E-state index is 14.5. The first-order chi connectivity index (χ1) is 23.2. The van der Waals surface area contributed by atoms with Crippen molar-refractivity contribution in [3.8, 4) is 33.9 Å². The Labute approximate surface area is 279 Å². The number of carbonyl (C=O) groups is 2. The van der Waals surface area contributed by atoms with E-state index < -0.39 is 6.09 Å². The highest BCUT2D eigenvalue weighted by molar-refractivity contribution is 6.30. The number of nitrogens with zero attached hydrogens (tertiary/aromatic N) is 1. The summed E-state index contributed by atoms with van der Waals surface area (Å²) in [5.41, 5.74) is 7.16. The Hall–Kier alpha value is -5.95. The fourth-order valence-electron chi connectivity index (χ4n) is 6.19. The van der Waals surface area contributed by atoms with Gasteiger partial charge < -0.3 is 14.8 Å². The minimum absolute atomic E-state index is 0.000567. The van der Waals surface area contributed by atoms with E-state index >= 15 is 0 Å². The van der Waals surface area contributed by atoms with Crippen LogP contribution in [0.4, 0.5) is 21.9 Å². The summed E-state index contributed by atoms with van der Waals surface area (Å²) in [6, 6.07) is 34.8. The third-order valence-corrected chi connectivity index (χ3v) is 8.50. The van der Waals surface area contributed by atoms with Crippen molar-refractivity contribution in [1.82, 2.24) is 4.98 Å². The van der Waals surface area contributed by atoms with Gasteiger partial charge in [-0.15, -0.1) is 0 Å². The number of hydrogen-bond donors (Lipinski definition) is 2. The molecule has 0 bridgehead atoms. The van der Waals surface area contributed by atoms with Gasteiger partial charge in [0.25, 0.3) is 0 Å². The zero-order chi connectivity index (χ0) is 33.4. The van der Waals surface area contributed by atoms with E-state index in [9.17, 15) is 9.59 Å². The van der Waals surface area contributed by atoms with Crippen molar-refractivity contribution < 1.29 is 19.1 Å². The van der Waals surface area contributed by atoms with Crippen LogP contribution in [-0.4, -0.2) is 23.5 Å². The van der Waals surface area contributed by atoms with E-state index in [2.05, 4.69) is 43.5 Å². The van der Waals surface area contributed by atoms with E-state index in [-0.39, 0.29) is 17.8 Å². The van der Waals surface area contributed by atoms with Crippen molar-refractivity contribution in [1.29, 1.82) is 0 Å². The zero-order valence-electron chi connectivity index (χ0n) is 27.3. The van der Waals surface area contributed by atoms with Gasteiger partial charge in [-0.2, -0.15) is 0 Å². The molecule has 7 rings (SSSR count). The fourth-order valence-corrected chi connectivity index (χ4v) is 6.19. The van der Waals surface area contributed by atoms with Gasteiger partial charge in [-0.1, -0.05) is 93.6 Å². The highest BCUT2D eigenvalue weighted by Crippen LogP contribution is 2.50. The van der Waals surface area contributed by atoms with Crippen molar-refractivity contribution in [2.45, 2.75) is 33.1 Å². The predicted octanol–water partition coefficient (Wildman–Crippen LogP) is 10.5. The number of fused-ring (bicyclic) bond motifs is 2. The summed E-state index contributed by atoms with van der Waals surface area (Å²) < 4.78 is 11.7. The molecule has 0 unspecified atom stereocenters. The lowest BCUT2D eigenvalue weighted by molar-refractivity contribution is 0.104. The quantitative estimate of drug-likeness (QED) is 0.182. The molecule has 6 aromatic rings. The first-order valence-corrected chi connectivity index (χ1v) is 16.0. The van der Waals surface area contributed by atoms with E-state index in [4.69, 9.17) is 14.5 Å². The maximum atomic E-state index is 14.5. The van der Waals surface area contributed by atoms with E-state index in [1.165, 1.54) is 5.56 Å². The minimum atomic E-state index is -0.557. The van der Waals surface area contributed by atoms with E-state index in [1.807, 2.05) is 97.1 Å². The molecule has 48 heavy (non-hydrogen) atoms. The van der Waals surface area contributed by atoms with Gasteiger partial charge in [0.1, 0.15) is 11.5 Å². The molecule has 1 aliphatic carbocycles. The van der Waals surface area contributed by atoms with Crippen molar-refractivity contribution >= 4 is 39.7 Å². The molecule has 1 heterocycles. The average Bonchev–Trinajstić information content (AvgIpc) is 3.08. The third kappa shape index (κ3) is 5.64. The third-order valence-electron chi connectivity index (χ3n) is 8.50. The Morgan fingerprint density at radius 1 is 0.771 bits per heavy atom. The first-order valence-electron chi connectivity index (χ1n) is 16.0. The number of para-hydroxylation sites is 2. The van der Waals surface area contributed by atoms with Gasteiger partial charge in [-0.25, -0.2) is 4.79 Å². The number of anilines is 3. The largest absolute Gasteiger partial charge is 0.457 e. The molecule has 0 atom stereocenters. The molecule has 2 N–H and O–H groups in total. The molecule has 0 spiro atoms. The Balaban J connectivity index is 1.51. The lowest BCUT2D eigenvalue weighted by Gasteiger charge is -2.26. The maximum Gasteiger partial charge on any atom is 0.411 e. The summed E-state index contributed by atoms with van der Waals surface area (Å²) in [6.45, 7) is 8.54. The normalized spacial score (nSPS) is 12.0. The smallest absolute Gasteiger partial charge is 0.411 e. The second kappa shape index (κ2) is 12.3. The van der Waals surface area contributed by atoms with E-state index in [0.717, 1.165) is 22.2 Å². The molecule has 1 amide bonds. The molecule has 238 valence electrons. The molecule has 0 radical (unpaired) electrons. The standard InChI is InChI=1S/C41H35N3O4/c1-5-47-40(46)44-32-18-12-11-17-30(32)38-36-28-15-9-10-16-29(28)39(45)37-33(43-26-21-19-25(20-22-26)41(2,3)4)23-34(31(24-42-38)35(36)37)48-27-13-7-6-8-14-27/h6-24,43H,5H2,1-4H3,(H,44,46). The van der Waals surface area contributed by atoms with Gasteiger partial charge in [0.05, 0.1) is 29.2 Å². The van der Waals surface area contributed by atoms with Crippen LogP contribution >= 0.6 is 0 Å². The van der Waals surface area contributed by atoms with Crippen molar-refractivity contribution in [3.63, 3.8) is 0 Å². The molecule has 1 aliphatic rings. The SMILES string of the molecule is CCOC(=O)Nc1ccccc1-c1ncc2c(Oc3ccccc3)cc(Nc3ccc(C(C)(C)C)cc3)c3c2c1-c1ccccc1C3=O. The van der Waals surface area contributed by atoms with Gasteiger partial charge in [0.15, 0.2) is 5.78 Å². The second-order valence-corrected chi connectivity index (χ2v) is 12.7. The molecular formula is C41H35N3O4. The molecule has 0 aliphatic heterocycles. The molecule has 7 heteroatoms. The number of carbonyl (C=O) groups excluding carboxylic acids is 2. The number of nitrogens with one attached hydrogen (secondary N) is 2. The number of hydrogen-bond acceptors (Lipinski definition) is 6. The van der Waals surface area contributed by atoms with Crippen LogP contribution in [0.25, 0.3) is 33.2 Å². The Morgan fingerprint density at radius 2 is 1.44 bits per heavy atom. The van der Waals surface area contributed by atoms with Crippen LogP contribution in [0.3, 0.4) is 0 Å². The Morgan fingerprint density at radius 3 is 2.15 bits per heavy atom. The fraction of sp³-hybridized carbons (Fsp3) is 0.146. The summed E-state index contributed by atoms with van der Waals surface area (Å²) in [5, 5.41) is 7.85. The lowest BCUT2D eigenvalue weighted by atomic mass is 9.80.